The highest BCUT2D eigenvalue weighted by molar-refractivity contribution is 6.30. The van der Waals surface area contributed by atoms with Crippen LogP contribution >= 0.6 is 11.6 Å². The maximum atomic E-state index is 11.7. The molecule has 0 spiro atoms. The largest absolute Gasteiger partial charge is 0.465 e. The van der Waals surface area contributed by atoms with Gasteiger partial charge in [0.1, 0.15) is 5.76 Å². The van der Waals surface area contributed by atoms with Crippen LogP contribution in [0.4, 0.5) is 0 Å². The zero-order valence-electron chi connectivity index (χ0n) is 9.55. The average molecular weight is 259 g/mol. The van der Waals surface area contributed by atoms with Gasteiger partial charge in [0.25, 0.3) is 0 Å². The normalized spacial score (nSPS) is 11.4. The van der Waals surface area contributed by atoms with E-state index in [-0.39, 0.29) is 5.78 Å². The molecule has 0 bridgehead atoms. The van der Waals surface area contributed by atoms with Crippen LogP contribution in [-0.4, -0.2) is 5.78 Å². The van der Waals surface area contributed by atoms with E-state index in [0.717, 1.165) is 5.76 Å². The monoisotopic (exact) mass is 258 g/mol. The lowest BCUT2D eigenvalue weighted by Gasteiger charge is -1.94. The molecule has 0 aliphatic heterocycles. The quantitative estimate of drug-likeness (QED) is 0.463. The molecule has 3 heteroatoms. The lowest BCUT2D eigenvalue weighted by atomic mass is 10.1. The highest BCUT2D eigenvalue weighted by atomic mass is 35.5. The molecule has 0 atom stereocenters. The van der Waals surface area contributed by atoms with Gasteiger partial charge in [-0.15, -0.1) is 0 Å². The fourth-order valence-corrected chi connectivity index (χ4v) is 1.52. The van der Waals surface area contributed by atoms with Gasteiger partial charge in [0.15, 0.2) is 5.78 Å². The van der Waals surface area contributed by atoms with Gasteiger partial charge in [-0.2, -0.15) is 0 Å². The number of allylic oxidation sites excluding steroid dienone is 3. The van der Waals surface area contributed by atoms with Crippen LogP contribution < -0.4 is 0 Å². The van der Waals surface area contributed by atoms with E-state index in [0.29, 0.717) is 10.6 Å². The number of furan rings is 1. The number of hydrogen-bond acceptors (Lipinski definition) is 2. The fraction of sp³-hybridized carbons (Fsp3) is 0. The minimum absolute atomic E-state index is 0.0595. The maximum Gasteiger partial charge on any atom is 0.185 e. The van der Waals surface area contributed by atoms with Gasteiger partial charge in [0.2, 0.25) is 0 Å². The molecule has 0 saturated carbocycles. The van der Waals surface area contributed by atoms with Crippen molar-refractivity contribution in [3.63, 3.8) is 0 Å². The zero-order chi connectivity index (χ0) is 12.8. The summed E-state index contributed by atoms with van der Waals surface area (Å²) >= 11 is 5.75. The lowest BCUT2D eigenvalue weighted by Crippen LogP contribution is -1.92. The number of ketones is 1. The predicted octanol–water partition coefficient (Wildman–Crippen LogP) is 4.39. The third kappa shape index (κ3) is 3.47. The Morgan fingerprint density at radius 1 is 1.11 bits per heavy atom. The zero-order valence-corrected chi connectivity index (χ0v) is 10.3. The molecule has 2 aromatic rings. The van der Waals surface area contributed by atoms with Crippen molar-refractivity contribution in [2.24, 2.45) is 0 Å². The smallest absolute Gasteiger partial charge is 0.185 e. The van der Waals surface area contributed by atoms with E-state index in [2.05, 4.69) is 0 Å². The van der Waals surface area contributed by atoms with Crippen molar-refractivity contribution in [3.05, 3.63) is 77.2 Å². The first-order valence-electron chi connectivity index (χ1n) is 5.44. The first kappa shape index (κ1) is 12.4. The number of rotatable bonds is 4. The minimum Gasteiger partial charge on any atom is -0.465 e. The van der Waals surface area contributed by atoms with E-state index in [1.807, 2.05) is 12.1 Å². The Morgan fingerprint density at radius 2 is 1.89 bits per heavy atom. The predicted molar refractivity (Wildman–Crippen MR) is 72.7 cm³/mol. The molecule has 1 aromatic carbocycles. The Bertz CT molecular complexity index is 563. The van der Waals surface area contributed by atoms with Gasteiger partial charge in [-0.3, -0.25) is 4.79 Å². The third-order valence-corrected chi connectivity index (χ3v) is 2.54. The van der Waals surface area contributed by atoms with Crippen molar-refractivity contribution in [2.75, 3.05) is 0 Å². The Balaban J connectivity index is 1.97. The summed E-state index contributed by atoms with van der Waals surface area (Å²) in [5.41, 5.74) is 0.613. The van der Waals surface area contributed by atoms with Gasteiger partial charge in [0, 0.05) is 10.6 Å². The number of benzene rings is 1. The van der Waals surface area contributed by atoms with Crippen molar-refractivity contribution in [1.82, 2.24) is 0 Å². The first-order chi connectivity index (χ1) is 8.75. The van der Waals surface area contributed by atoms with Crippen LogP contribution in [0.2, 0.25) is 5.02 Å². The molecule has 0 aliphatic rings. The van der Waals surface area contributed by atoms with E-state index in [4.69, 9.17) is 16.0 Å². The lowest BCUT2D eigenvalue weighted by molar-refractivity contribution is 0.104. The molecule has 90 valence electrons. The molecule has 0 N–H and O–H groups in total. The SMILES string of the molecule is O=C(/C=C/C=C/c1ccco1)c1ccc(Cl)cc1. The third-order valence-electron chi connectivity index (χ3n) is 2.29. The van der Waals surface area contributed by atoms with E-state index in [1.54, 1.807) is 48.8 Å². The minimum atomic E-state index is -0.0595. The average Bonchev–Trinajstić information content (AvgIpc) is 2.88. The first-order valence-corrected chi connectivity index (χ1v) is 5.81. The summed E-state index contributed by atoms with van der Waals surface area (Å²) in [6.45, 7) is 0. The summed E-state index contributed by atoms with van der Waals surface area (Å²) in [5.74, 6) is 0.689. The van der Waals surface area contributed by atoms with E-state index >= 15 is 0 Å². The Labute approximate surface area is 110 Å². The number of carbonyl (C=O) groups excluding carboxylic acids is 1. The van der Waals surface area contributed by atoms with Gasteiger partial charge >= 0.3 is 0 Å². The Hall–Kier alpha value is -2.06. The standard InChI is InChI=1S/C15H11ClO2/c16-13-9-7-12(8-10-13)15(17)6-2-1-4-14-5-3-11-18-14/h1-11H/b4-1+,6-2+. The van der Waals surface area contributed by atoms with Crippen LogP contribution in [0.3, 0.4) is 0 Å². The van der Waals surface area contributed by atoms with E-state index in [9.17, 15) is 4.79 Å². The molecule has 18 heavy (non-hydrogen) atoms. The summed E-state index contributed by atoms with van der Waals surface area (Å²) in [6.07, 6.45) is 8.32. The molecule has 2 nitrogen and oxygen atoms in total. The maximum absolute atomic E-state index is 11.7. The van der Waals surface area contributed by atoms with E-state index in [1.165, 1.54) is 6.08 Å². The molecule has 2 rings (SSSR count). The van der Waals surface area contributed by atoms with Crippen LogP contribution in [0.5, 0.6) is 0 Å². The Morgan fingerprint density at radius 3 is 2.56 bits per heavy atom. The summed E-state index contributed by atoms with van der Waals surface area (Å²) in [6, 6.07) is 10.4. The second kappa shape index (κ2) is 6.03. The number of carbonyl (C=O) groups is 1. The molecule has 1 heterocycles. The fourth-order valence-electron chi connectivity index (χ4n) is 1.39. The van der Waals surface area contributed by atoms with Crippen LogP contribution in [0, 0.1) is 0 Å². The van der Waals surface area contributed by atoms with E-state index < -0.39 is 0 Å². The second-order valence-electron chi connectivity index (χ2n) is 3.60. The topological polar surface area (TPSA) is 30.2 Å². The van der Waals surface area contributed by atoms with Crippen LogP contribution in [0.1, 0.15) is 16.1 Å². The molecule has 1 aromatic heterocycles. The summed E-state index contributed by atoms with van der Waals surface area (Å²) < 4.78 is 5.12. The highest BCUT2D eigenvalue weighted by Gasteiger charge is 1.99. The molecular formula is C15H11ClO2. The van der Waals surface area contributed by atoms with Gasteiger partial charge in [-0.1, -0.05) is 23.8 Å². The summed E-state index contributed by atoms with van der Waals surface area (Å²) in [5, 5.41) is 0.619. The van der Waals surface area contributed by atoms with Crippen molar-refractivity contribution < 1.29 is 9.21 Å². The second-order valence-corrected chi connectivity index (χ2v) is 4.04. The van der Waals surface area contributed by atoms with Crippen molar-refractivity contribution in [2.45, 2.75) is 0 Å². The molecule has 0 amide bonds. The number of hydrogen-bond donors (Lipinski definition) is 0. The summed E-state index contributed by atoms with van der Waals surface area (Å²) in [7, 11) is 0. The van der Waals surface area contributed by atoms with Gasteiger partial charge < -0.3 is 4.42 Å². The van der Waals surface area contributed by atoms with Gasteiger partial charge in [0.05, 0.1) is 6.26 Å². The van der Waals surface area contributed by atoms with Crippen LogP contribution in [0.25, 0.3) is 6.08 Å². The number of halogens is 1. The highest BCUT2D eigenvalue weighted by Crippen LogP contribution is 2.10. The molecule has 0 fully saturated rings. The van der Waals surface area contributed by atoms with Crippen LogP contribution in [-0.2, 0) is 0 Å². The molecule has 0 saturated heterocycles. The van der Waals surface area contributed by atoms with Gasteiger partial charge in [-0.25, -0.2) is 0 Å². The molecule has 0 aliphatic carbocycles. The summed E-state index contributed by atoms with van der Waals surface area (Å²) in [4.78, 5) is 11.7. The van der Waals surface area contributed by atoms with Crippen molar-refractivity contribution >= 4 is 23.5 Å². The molecule has 0 unspecified atom stereocenters. The van der Waals surface area contributed by atoms with Crippen LogP contribution in [0.15, 0.2) is 65.3 Å². The molecule has 0 radical (unpaired) electrons. The molecular weight excluding hydrogens is 248 g/mol. The van der Waals surface area contributed by atoms with Crippen molar-refractivity contribution in [3.8, 4) is 0 Å². The Kier molecular flexibility index (Phi) is 4.15. The van der Waals surface area contributed by atoms with Crippen molar-refractivity contribution in [1.29, 1.82) is 0 Å². The van der Waals surface area contributed by atoms with Gasteiger partial charge in [-0.05, 0) is 48.6 Å².